The number of aromatic nitrogens is 3. The zero-order chi connectivity index (χ0) is 16.2. The Kier molecular flexibility index (Phi) is 4.69. The molecule has 1 fully saturated rings. The molecule has 0 aromatic carbocycles. The van der Waals surface area contributed by atoms with E-state index in [0.29, 0.717) is 11.8 Å². The molecule has 122 valence electrons. The summed E-state index contributed by atoms with van der Waals surface area (Å²) in [4.78, 5) is 22.5. The first-order valence-corrected chi connectivity index (χ1v) is 8.15. The molecule has 0 aliphatic carbocycles. The van der Waals surface area contributed by atoms with Gasteiger partial charge in [-0.1, -0.05) is 19.0 Å². The number of amides is 1. The molecule has 1 aliphatic heterocycles. The molecule has 1 aliphatic rings. The number of carbonyl (C=O) groups excluding carboxylic acids is 1. The van der Waals surface area contributed by atoms with Crippen LogP contribution in [-0.2, 0) is 11.2 Å². The van der Waals surface area contributed by atoms with Crippen molar-refractivity contribution < 1.29 is 9.32 Å². The van der Waals surface area contributed by atoms with Crippen molar-refractivity contribution in [2.75, 3.05) is 13.1 Å². The number of hydrogen-bond acceptors (Lipinski definition) is 5. The lowest BCUT2D eigenvalue weighted by atomic mass is 10.0. The minimum atomic E-state index is 0.0768. The third-order valence-electron chi connectivity index (χ3n) is 4.24. The number of rotatable bonds is 5. The van der Waals surface area contributed by atoms with Gasteiger partial charge in [0.15, 0.2) is 5.82 Å². The van der Waals surface area contributed by atoms with Crippen LogP contribution in [-0.4, -0.2) is 39.0 Å². The summed E-state index contributed by atoms with van der Waals surface area (Å²) in [5.74, 6) is 2.09. The Hall–Kier alpha value is -2.24. The van der Waals surface area contributed by atoms with E-state index in [9.17, 15) is 4.79 Å². The standard InChI is InChI=1S/C17H22N4O2/c1-12(2)17(22)21-9-7-13(11-21)5-6-15-19-16(23-20-15)14-4-3-8-18-10-14/h3-4,8,10,12-13H,5-7,9,11H2,1-2H3. The topological polar surface area (TPSA) is 72.1 Å². The lowest BCUT2D eigenvalue weighted by Gasteiger charge is -2.18. The Balaban J connectivity index is 1.52. The quantitative estimate of drug-likeness (QED) is 0.848. The maximum Gasteiger partial charge on any atom is 0.259 e. The van der Waals surface area contributed by atoms with Crippen LogP contribution in [0.3, 0.4) is 0 Å². The van der Waals surface area contributed by atoms with Gasteiger partial charge in [-0.15, -0.1) is 0 Å². The van der Waals surface area contributed by atoms with E-state index < -0.39 is 0 Å². The van der Waals surface area contributed by atoms with Gasteiger partial charge in [0.05, 0.1) is 5.56 Å². The number of aryl methyl sites for hydroxylation is 1. The van der Waals surface area contributed by atoms with Crippen LogP contribution >= 0.6 is 0 Å². The maximum absolute atomic E-state index is 12.0. The summed E-state index contributed by atoms with van der Waals surface area (Å²) < 4.78 is 5.29. The Labute approximate surface area is 135 Å². The van der Waals surface area contributed by atoms with Gasteiger partial charge in [0.25, 0.3) is 5.89 Å². The smallest absolute Gasteiger partial charge is 0.259 e. The van der Waals surface area contributed by atoms with Crippen LogP contribution in [0.25, 0.3) is 11.5 Å². The van der Waals surface area contributed by atoms with Gasteiger partial charge in [-0.25, -0.2) is 0 Å². The van der Waals surface area contributed by atoms with E-state index in [1.165, 1.54) is 0 Å². The minimum absolute atomic E-state index is 0.0768. The molecule has 2 aromatic heterocycles. The van der Waals surface area contributed by atoms with Gasteiger partial charge in [-0.05, 0) is 30.9 Å². The van der Waals surface area contributed by atoms with Gasteiger partial charge in [-0.3, -0.25) is 9.78 Å². The first kappa shape index (κ1) is 15.6. The molecule has 0 N–H and O–H groups in total. The molecule has 0 saturated carbocycles. The van der Waals surface area contributed by atoms with Crippen LogP contribution in [0.2, 0.25) is 0 Å². The maximum atomic E-state index is 12.0. The highest BCUT2D eigenvalue weighted by molar-refractivity contribution is 5.78. The minimum Gasteiger partial charge on any atom is -0.342 e. The van der Waals surface area contributed by atoms with Crippen LogP contribution in [0.1, 0.15) is 32.5 Å². The molecule has 1 amide bonds. The summed E-state index contributed by atoms with van der Waals surface area (Å²) in [6.45, 7) is 5.63. The van der Waals surface area contributed by atoms with E-state index in [-0.39, 0.29) is 11.8 Å². The van der Waals surface area contributed by atoms with Crippen LogP contribution < -0.4 is 0 Å². The summed E-state index contributed by atoms with van der Waals surface area (Å²) in [6.07, 6.45) is 6.24. The van der Waals surface area contributed by atoms with Crippen molar-refractivity contribution >= 4 is 5.91 Å². The summed E-state index contributed by atoms with van der Waals surface area (Å²) >= 11 is 0. The second kappa shape index (κ2) is 6.89. The fourth-order valence-corrected chi connectivity index (χ4v) is 2.93. The van der Waals surface area contributed by atoms with Gasteiger partial charge in [0.2, 0.25) is 5.91 Å². The molecule has 1 unspecified atom stereocenters. The first-order chi connectivity index (χ1) is 11.1. The molecule has 1 atom stereocenters. The Morgan fingerprint density at radius 2 is 2.35 bits per heavy atom. The fraction of sp³-hybridized carbons (Fsp3) is 0.529. The SMILES string of the molecule is CC(C)C(=O)N1CCC(CCc2noc(-c3cccnc3)n2)C1. The number of hydrogen-bond donors (Lipinski definition) is 0. The molecule has 3 rings (SSSR count). The zero-order valence-corrected chi connectivity index (χ0v) is 13.6. The Bertz CT molecular complexity index is 654. The van der Waals surface area contributed by atoms with Crippen molar-refractivity contribution in [1.29, 1.82) is 0 Å². The predicted octanol–water partition coefficient (Wildman–Crippen LogP) is 2.57. The molecule has 1 saturated heterocycles. The second-order valence-electron chi connectivity index (χ2n) is 6.39. The fourth-order valence-electron chi connectivity index (χ4n) is 2.93. The number of carbonyl (C=O) groups is 1. The van der Waals surface area contributed by atoms with Gasteiger partial charge >= 0.3 is 0 Å². The average Bonchev–Trinajstić information content (AvgIpc) is 3.22. The highest BCUT2D eigenvalue weighted by Gasteiger charge is 2.27. The summed E-state index contributed by atoms with van der Waals surface area (Å²) in [7, 11) is 0. The highest BCUT2D eigenvalue weighted by atomic mass is 16.5. The monoisotopic (exact) mass is 314 g/mol. The van der Waals surface area contributed by atoms with Gasteiger partial charge in [0.1, 0.15) is 0 Å². The van der Waals surface area contributed by atoms with Crippen molar-refractivity contribution in [2.24, 2.45) is 11.8 Å². The Morgan fingerprint density at radius 1 is 1.48 bits per heavy atom. The molecule has 6 nitrogen and oxygen atoms in total. The van der Waals surface area contributed by atoms with E-state index in [4.69, 9.17) is 4.52 Å². The van der Waals surface area contributed by atoms with Crippen LogP contribution in [0, 0.1) is 11.8 Å². The third-order valence-corrected chi connectivity index (χ3v) is 4.24. The van der Waals surface area contributed by atoms with E-state index >= 15 is 0 Å². The predicted molar refractivity (Wildman–Crippen MR) is 85.4 cm³/mol. The molecular weight excluding hydrogens is 292 g/mol. The lowest BCUT2D eigenvalue weighted by molar-refractivity contribution is -0.133. The molecular formula is C17H22N4O2. The number of likely N-dealkylation sites (tertiary alicyclic amines) is 1. The molecule has 3 heterocycles. The molecule has 2 aromatic rings. The highest BCUT2D eigenvalue weighted by Crippen LogP contribution is 2.23. The van der Waals surface area contributed by atoms with Crippen molar-refractivity contribution in [1.82, 2.24) is 20.0 Å². The molecule has 23 heavy (non-hydrogen) atoms. The van der Waals surface area contributed by atoms with Crippen LogP contribution in [0.5, 0.6) is 0 Å². The average molecular weight is 314 g/mol. The molecule has 0 spiro atoms. The van der Waals surface area contributed by atoms with E-state index in [2.05, 4.69) is 15.1 Å². The van der Waals surface area contributed by atoms with Gasteiger partial charge < -0.3 is 9.42 Å². The van der Waals surface area contributed by atoms with Gasteiger partial charge in [0, 0.05) is 37.8 Å². The summed E-state index contributed by atoms with van der Waals surface area (Å²) in [5.41, 5.74) is 0.834. The van der Waals surface area contributed by atoms with Crippen molar-refractivity contribution in [3.63, 3.8) is 0 Å². The van der Waals surface area contributed by atoms with Gasteiger partial charge in [-0.2, -0.15) is 4.98 Å². The third kappa shape index (κ3) is 3.75. The first-order valence-electron chi connectivity index (χ1n) is 8.15. The van der Waals surface area contributed by atoms with Crippen LogP contribution in [0.15, 0.2) is 29.0 Å². The van der Waals surface area contributed by atoms with E-state index in [1.807, 2.05) is 30.9 Å². The van der Waals surface area contributed by atoms with E-state index in [1.54, 1.807) is 12.4 Å². The molecule has 0 radical (unpaired) electrons. The summed E-state index contributed by atoms with van der Waals surface area (Å²) in [5, 5.41) is 4.04. The summed E-state index contributed by atoms with van der Waals surface area (Å²) in [6, 6.07) is 3.74. The molecule has 0 bridgehead atoms. The normalized spacial score (nSPS) is 17.9. The number of nitrogens with zero attached hydrogens (tertiary/aromatic N) is 4. The Morgan fingerprint density at radius 3 is 3.09 bits per heavy atom. The number of pyridine rings is 1. The second-order valence-corrected chi connectivity index (χ2v) is 6.39. The molecule has 6 heteroatoms. The zero-order valence-electron chi connectivity index (χ0n) is 13.6. The van der Waals surface area contributed by atoms with Crippen LogP contribution in [0.4, 0.5) is 0 Å². The van der Waals surface area contributed by atoms with Crippen molar-refractivity contribution in [3.05, 3.63) is 30.4 Å². The lowest BCUT2D eigenvalue weighted by Crippen LogP contribution is -2.32. The van der Waals surface area contributed by atoms with Crippen molar-refractivity contribution in [2.45, 2.75) is 33.1 Å². The van der Waals surface area contributed by atoms with Crippen molar-refractivity contribution in [3.8, 4) is 11.5 Å². The largest absolute Gasteiger partial charge is 0.342 e. The van der Waals surface area contributed by atoms with E-state index in [0.717, 1.165) is 43.7 Å².